The number of anilines is 2. The van der Waals surface area contributed by atoms with Crippen molar-refractivity contribution in [3.63, 3.8) is 0 Å². The summed E-state index contributed by atoms with van der Waals surface area (Å²) in [7, 11) is 0. The SMILES string of the molecule is Cc1ccc(Br)cc1C(C)(C)CNc1ccccc1N. The topological polar surface area (TPSA) is 38.0 Å². The number of hydrogen-bond acceptors (Lipinski definition) is 2. The lowest BCUT2D eigenvalue weighted by Gasteiger charge is -2.28. The maximum Gasteiger partial charge on any atom is 0.0574 e. The van der Waals surface area contributed by atoms with Gasteiger partial charge in [-0.05, 0) is 42.3 Å². The van der Waals surface area contributed by atoms with Crippen LogP contribution >= 0.6 is 15.9 Å². The van der Waals surface area contributed by atoms with E-state index in [0.717, 1.165) is 22.4 Å². The van der Waals surface area contributed by atoms with Crippen LogP contribution in [0.15, 0.2) is 46.9 Å². The third-order valence-corrected chi connectivity index (χ3v) is 4.10. The minimum absolute atomic E-state index is 0.0240. The summed E-state index contributed by atoms with van der Waals surface area (Å²) in [5.74, 6) is 0. The predicted octanol–water partition coefficient (Wildman–Crippen LogP) is 4.73. The van der Waals surface area contributed by atoms with E-state index in [1.165, 1.54) is 11.1 Å². The van der Waals surface area contributed by atoms with Crippen LogP contribution in [-0.2, 0) is 5.41 Å². The second-order valence-electron chi connectivity index (χ2n) is 5.78. The van der Waals surface area contributed by atoms with Crippen molar-refractivity contribution in [1.29, 1.82) is 0 Å². The Kier molecular flexibility index (Phi) is 4.39. The van der Waals surface area contributed by atoms with Gasteiger partial charge in [-0.15, -0.1) is 0 Å². The van der Waals surface area contributed by atoms with Crippen molar-refractivity contribution in [3.05, 3.63) is 58.1 Å². The van der Waals surface area contributed by atoms with Gasteiger partial charge in [0.25, 0.3) is 0 Å². The van der Waals surface area contributed by atoms with E-state index >= 15 is 0 Å². The average Bonchev–Trinajstić information content (AvgIpc) is 2.40. The molecule has 0 heterocycles. The summed E-state index contributed by atoms with van der Waals surface area (Å²) in [6.07, 6.45) is 0. The van der Waals surface area contributed by atoms with Gasteiger partial charge in [0.05, 0.1) is 11.4 Å². The number of aryl methyl sites for hydroxylation is 1. The summed E-state index contributed by atoms with van der Waals surface area (Å²) in [4.78, 5) is 0. The van der Waals surface area contributed by atoms with E-state index in [1.54, 1.807) is 0 Å². The van der Waals surface area contributed by atoms with Gasteiger partial charge in [0.15, 0.2) is 0 Å². The van der Waals surface area contributed by atoms with Crippen LogP contribution in [-0.4, -0.2) is 6.54 Å². The maximum atomic E-state index is 5.97. The Balaban J connectivity index is 2.19. The number of rotatable bonds is 4. The van der Waals surface area contributed by atoms with E-state index in [-0.39, 0.29) is 5.41 Å². The van der Waals surface area contributed by atoms with Crippen LogP contribution in [0.3, 0.4) is 0 Å². The molecule has 2 nitrogen and oxygen atoms in total. The lowest BCUT2D eigenvalue weighted by atomic mass is 9.82. The smallest absolute Gasteiger partial charge is 0.0574 e. The fourth-order valence-electron chi connectivity index (χ4n) is 2.39. The minimum atomic E-state index is 0.0240. The summed E-state index contributed by atoms with van der Waals surface area (Å²) in [6, 6.07) is 14.3. The zero-order chi connectivity index (χ0) is 14.8. The fourth-order valence-corrected chi connectivity index (χ4v) is 2.75. The lowest BCUT2D eigenvalue weighted by Crippen LogP contribution is -2.28. The standard InChI is InChI=1S/C17H21BrN2/c1-12-8-9-13(18)10-14(12)17(2,3)11-20-16-7-5-4-6-15(16)19/h4-10,20H,11,19H2,1-3H3. The molecule has 106 valence electrons. The molecule has 0 saturated carbocycles. The van der Waals surface area contributed by atoms with E-state index in [0.29, 0.717) is 0 Å². The van der Waals surface area contributed by atoms with Crippen molar-refractivity contribution in [2.24, 2.45) is 0 Å². The highest BCUT2D eigenvalue weighted by atomic mass is 79.9. The first-order valence-corrected chi connectivity index (χ1v) is 7.54. The van der Waals surface area contributed by atoms with Gasteiger partial charge in [0.2, 0.25) is 0 Å². The molecule has 0 aliphatic carbocycles. The van der Waals surface area contributed by atoms with Crippen LogP contribution in [0.25, 0.3) is 0 Å². The van der Waals surface area contributed by atoms with Crippen molar-refractivity contribution < 1.29 is 0 Å². The van der Waals surface area contributed by atoms with Gasteiger partial charge in [-0.2, -0.15) is 0 Å². The molecule has 2 aromatic carbocycles. The van der Waals surface area contributed by atoms with Crippen LogP contribution < -0.4 is 11.1 Å². The van der Waals surface area contributed by atoms with Crippen LogP contribution in [0.5, 0.6) is 0 Å². The molecule has 0 radical (unpaired) electrons. The zero-order valence-electron chi connectivity index (χ0n) is 12.2. The van der Waals surface area contributed by atoms with Crippen LogP contribution in [0.4, 0.5) is 11.4 Å². The molecule has 0 aliphatic heterocycles. The Morgan fingerprint density at radius 1 is 1.15 bits per heavy atom. The molecule has 0 aromatic heterocycles. The third kappa shape index (κ3) is 3.34. The van der Waals surface area contributed by atoms with Crippen molar-refractivity contribution in [1.82, 2.24) is 0 Å². The number of nitrogens with one attached hydrogen (secondary N) is 1. The number of para-hydroxylation sites is 2. The molecule has 0 bridgehead atoms. The quantitative estimate of drug-likeness (QED) is 0.794. The molecule has 0 fully saturated rings. The van der Waals surface area contributed by atoms with E-state index < -0.39 is 0 Å². The second-order valence-corrected chi connectivity index (χ2v) is 6.70. The van der Waals surface area contributed by atoms with Gasteiger partial charge < -0.3 is 11.1 Å². The Morgan fingerprint density at radius 2 is 1.85 bits per heavy atom. The highest BCUT2D eigenvalue weighted by Gasteiger charge is 2.22. The van der Waals surface area contributed by atoms with E-state index in [2.05, 4.69) is 60.2 Å². The van der Waals surface area contributed by atoms with Crippen molar-refractivity contribution in [2.75, 3.05) is 17.6 Å². The van der Waals surface area contributed by atoms with Gasteiger partial charge in [0.1, 0.15) is 0 Å². The van der Waals surface area contributed by atoms with Gasteiger partial charge >= 0.3 is 0 Å². The molecule has 3 heteroatoms. The molecule has 2 rings (SSSR count). The maximum absolute atomic E-state index is 5.97. The molecular weight excluding hydrogens is 312 g/mol. The van der Waals surface area contributed by atoms with Gasteiger partial charge in [0, 0.05) is 16.4 Å². The fraction of sp³-hybridized carbons (Fsp3) is 0.294. The molecule has 0 spiro atoms. The molecule has 2 aromatic rings. The first-order valence-electron chi connectivity index (χ1n) is 6.75. The molecular formula is C17H21BrN2. The first-order chi connectivity index (χ1) is 9.40. The molecule has 3 N–H and O–H groups in total. The van der Waals surface area contributed by atoms with Crippen LogP contribution in [0.1, 0.15) is 25.0 Å². The molecule has 20 heavy (non-hydrogen) atoms. The van der Waals surface area contributed by atoms with Crippen molar-refractivity contribution in [3.8, 4) is 0 Å². The molecule has 0 atom stereocenters. The van der Waals surface area contributed by atoms with Crippen molar-refractivity contribution >= 4 is 27.3 Å². The lowest BCUT2D eigenvalue weighted by molar-refractivity contribution is 0.553. The Labute approximate surface area is 129 Å². The molecule has 0 amide bonds. The first kappa shape index (κ1) is 14.9. The van der Waals surface area contributed by atoms with Crippen molar-refractivity contribution in [2.45, 2.75) is 26.2 Å². The number of nitrogens with two attached hydrogens (primary N) is 1. The molecule has 0 aliphatic rings. The predicted molar refractivity (Wildman–Crippen MR) is 91.2 cm³/mol. The summed E-state index contributed by atoms with van der Waals surface area (Å²) in [6.45, 7) is 7.47. The Bertz CT molecular complexity index is 606. The summed E-state index contributed by atoms with van der Waals surface area (Å²) in [5.41, 5.74) is 10.4. The number of hydrogen-bond donors (Lipinski definition) is 2. The van der Waals surface area contributed by atoms with Gasteiger partial charge in [-0.3, -0.25) is 0 Å². The number of nitrogen functional groups attached to an aromatic ring is 1. The largest absolute Gasteiger partial charge is 0.397 e. The van der Waals surface area contributed by atoms with Crippen LogP contribution in [0, 0.1) is 6.92 Å². The van der Waals surface area contributed by atoms with Gasteiger partial charge in [-0.1, -0.05) is 48.0 Å². The van der Waals surface area contributed by atoms with E-state index in [4.69, 9.17) is 5.73 Å². The summed E-state index contributed by atoms with van der Waals surface area (Å²) >= 11 is 3.56. The zero-order valence-corrected chi connectivity index (χ0v) is 13.8. The highest BCUT2D eigenvalue weighted by molar-refractivity contribution is 9.10. The average molecular weight is 333 g/mol. The van der Waals surface area contributed by atoms with E-state index in [1.807, 2.05) is 24.3 Å². The van der Waals surface area contributed by atoms with Crippen LogP contribution in [0.2, 0.25) is 0 Å². The minimum Gasteiger partial charge on any atom is -0.397 e. The normalized spacial score (nSPS) is 11.4. The van der Waals surface area contributed by atoms with Gasteiger partial charge in [-0.25, -0.2) is 0 Å². The highest BCUT2D eigenvalue weighted by Crippen LogP contribution is 2.30. The summed E-state index contributed by atoms with van der Waals surface area (Å²) < 4.78 is 1.12. The second kappa shape index (κ2) is 5.88. The Morgan fingerprint density at radius 3 is 2.55 bits per heavy atom. The number of benzene rings is 2. The number of halogens is 1. The monoisotopic (exact) mass is 332 g/mol. The summed E-state index contributed by atoms with van der Waals surface area (Å²) in [5, 5.41) is 3.46. The van der Waals surface area contributed by atoms with E-state index in [9.17, 15) is 0 Å². The molecule has 0 unspecified atom stereocenters. The molecule has 0 saturated heterocycles. The third-order valence-electron chi connectivity index (χ3n) is 3.61. The Hall–Kier alpha value is -1.48.